The lowest BCUT2D eigenvalue weighted by atomic mass is 10.1. The molecule has 1 fully saturated rings. The average molecular weight is 504 g/mol. The zero-order valence-corrected chi connectivity index (χ0v) is 21.2. The summed E-state index contributed by atoms with van der Waals surface area (Å²) in [5.41, 5.74) is 2.45. The first-order valence-electron chi connectivity index (χ1n) is 12.9. The number of nitrogens with zero attached hydrogens (tertiary/aromatic N) is 5. The number of pyridine rings is 1. The molecule has 5 rings (SSSR count). The third-order valence-electron chi connectivity index (χ3n) is 6.76. The summed E-state index contributed by atoms with van der Waals surface area (Å²) in [5.74, 6) is 0.0986. The molecule has 0 N–H and O–H groups in total. The Morgan fingerprint density at radius 3 is 2.11 bits per heavy atom. The molecule has 190 valence electrons. The predicted octanol–water partition coefficient (Wildman–Crippen LogP) is 4.82. The van der Waals surface area contributed by atoms with Gasteiger partial charge in [0.15, 0.2) is 0 Å². The number of piperidine rings is 1. The first-order valence-corrected chi connectivity index (χ1v) is 12.9. The van der Waals surface area contributed by atoms with Crippen LogP contribution in [0, 0.1) is 11.3 Å². The zero-order valence-electron chi connectivity index (χ0n) is 21.2. The predicted molar refractivity (Wildman–Crippen MR) is 148 cm³/mol. The molecular formula is C31H29N5O2. The molecule has 1 saturated heterocycles. The van der Waals surface area contributed by atoms with E-state index in [1.165, 1.54) is 10.5 Å². The SMILES string of the molecule is N#CC(=Cc1c(N(Cc2ccccc2)Cc2ccccc2)nc2ccccn2c1=O)C(=O)N1CCCCC1. The standard InChI is InChI=1S/C31H29N5O2/c32-21-26(30(37)34-17-9-3-10-18-34)20-27-29(33-28-16-8-11-19-36(28)31(27)38)35(22-24-12-4-1-5-13-24)23-25-14-6-2-7-15-25/h1-2,4-8,11-16,19-20H,3,9-10,17-18,22-23H2. The summed E-state index contributed by atoms with van der Waals surface area (Å²) in [6.45, 7) is 2.23. The monoisotopic (exact) mass is 503 g/mol. The van der Waals surface area contributed by atoms with E-state index in [0.29, 0.717) is 37.6 Å². The normalized spacial score (nSPS) is 13.8. The van der Waals surface area contributed by atoms with Gasteiger partial charge in [-0.15, -0.1) is 0 Å². The summed E-state index contributed by atoms with van der Waals surface area (Å²) in [6, 6.07) is 27.4. The number of fused-ring (bicyclic) bond motifs is 1. The molecule has 7 heteroatoms. The Balaban J connectivity index is 1.67. The molecule has 4 aromatic rings. The summed E-state index contributed by atoms with van der Waals surface area (Å²) < 4.78 is 1.46. The summed E-state index contributed by atoms with van der Waals surface area (Å²) in [4.78, 5) is 35.7. The fourth-order valence-electron chi connectivity index (χ4n) is 4.83. The highest BCUT2D eigenvalue weighted by atomic mass is 16.2. The van der Waals surface area contributed by atoms with Crippen molar-refractivity contribution in [1.82, 2.24) is 14.3 Å². The summed E-state index contributed by atoms with van der Waals surface area (Å²) in [7, 11) is 0. The van der Waals surface area contributed by atoms with Crippen LogP contribution in [0.15, 0.2) is 95.4 Å². The first-order chi connectivity index (χ1) is 18.6. The Hall–Kier alpha value is -4.70. The minimum atomic E-state index is -0.339. The van der Waals surface area contributed by atoms with Gasteiger partial charge in [-0.1, -0.05) is 66.7 Å². The molecular weight excluding hydrogens is 474 g/mol. The van der Waals surface area contributed by atoms with Crippen LogP contribution in [0.3, 0.4) is 0 Å². The third kappa shape index (κ3) is 5.50. The summed E-state index contributed by atoms with van der Waals surface area (Å²) >= 11 is 0. The maximum atomic E-state index is 13.8. The lowest BCUT2D eigenvalue weighted by Gasteiger charge is -2.27. The number of hydrogen-bond donors (Lipinski definition) is 0. The van der Waals surface area contributed by atoms with Gasteiger partial charge in [-0.25, -0.2) is 4.98 Å². The topological polar surface area (TPSA) is 81.7 Å². The second-order valence-electron chi connectivity index (χ2n) is 9.43. The minimum Gasteiger partial charge on any atom is -0.347 e. The largest absolute Gasteiger partial charge is 0.347 e. The quantitative estimate of drug-likeness (QED) is 0.267. The fourth-order valence-corrected chi connectivity index (χ4v) is 4.83. The van der Waals surface area contributed by atoms with E-state index in [4.69, 9.17) is 4.98 Å². The lowest BCUT2D eigenvalue weighted by Crippen LogP contribution is -2.36. The molecule has 0 unspecified atom stereocenters. The van der Waals surface area contributed by atoms with E-state index in [-0.39, 0.29) is 22.6 Å². The van der Waals surface area contributed by atoms with Crippen LogP contribution in [-0.4, -0.2) is 33.3 Å². The van der Waals surface area contributed by atoms with E-state index in [9.17, 15) is 14.9 Å². The fraction of sp³-hybridized carbons (Fsp3) is 0.226. The van der Waals surface area contributed by atoms with E-state index >= 15 is 0 Å². The Bertz CT molecular complexity index is 1510. The van der Waals surface area contributed by atoms with Crippen molar-refractivity contribution in [3.63, 3.8) is 0 Å². The van der Waals surface area contributed by atoms with Crippen LogP contribution in [0.5, 0.6) is 0 Å². The van der Waals surface area contributed by atoms with Gasteiger partial charge in [0, 0.05) is 32.4 Å². The number of carbonyl (C=O) groups excluding carboxylic acids is 1. The van der Waals surface area contributed by atoms with Crippen LogP contribution in [0.1, 0.15) is 36.0 Å². The molecule has 7 nitrogen and oxygen atoms in total. The van der Waals surface area contributed by atoms with Gasteiger partial charge in [0.2, 0.25) is 0 Å². The average Bonchev–Trinajstić information content (AvgIpc) is 2.97. The highest BCUT2D eigenvalue weighted by molar-refractivity contribution is 6.02. The molecule has 3 heterocycles. The van der Waals surface area contributed by atoms with Crippen molar-refractivity contribution in [2.24, 2.45) is 0 Å². The molecule has 0 aliphatic carbocycles. The Kier molecular flexibility index (Phi) is 7.60. The van der Waals surface area contributed by atoms with Gasteiger partial charge in [0.25, 0.3) is 11.5 Å². The van der Waals surface area contributed by atoms with Crippen molar-refractivity contribution >= 4 is 23.4 Å². The lowest BCUT2D eigenvalue weighted by molar-refractivity contribution is -0.127. The Morgan fingerprint density at radius 2 is 1.50 bits per heavy atom. The van der Waals surface area contributed by atoms with Crippen molar-refractivity contribution in [2.45, 2.75) is 32.4 Å². The molecule has 38 heavy (non-hydrogen) atoms. The van der Waals surface area contributed by atoms with Gasteiger partial charge >= 0.3 is 0 Å². The van der Waals surface area contributed by atoms with Crippen LogP contribution >= 0.6 is 0 Å². The van der Waals surface area contributed by atoms with E-state index < -0.39 is 0 Å². The molecule has 1 amide bonds. The summed E-state index contributed by atoms with van der Waals surface area (Å²) in [5, 5.41) is 9.98. The Morgan fingerprint density at radius 1 is 0.895 bits per heavy atom. The van der Waals surface area contributed by atoms with Crippen molar-refractivity contribution in [3.8, 4) is 6.07 Å². The molecule has 0 saturated carbocycles. The van der Waals surface area contributed by atoms with Crippen molar-refractivity contribution in [2.75, 3.05) is 18.0 Å². The van der Waals surface area contributed by atoms with Gasteiger partial charge in [-0.3, -0.25) is 14.0 Å². The maximum Gasteiger partial charge on any atom is 0.267 e. The van der Waals surface area contributed by atoms with Gasteiger partial charge in [-0.2, -0.15) is 5.26 Å². The highest BCUT2D eigenvalue weighted by Gasteiger charge is 2.24. The number of nitriles is 1. The second kappa shape index (κ2) is 11.6. The Labute approximate surface area is 221 Å². The number of carbonyl (C=O) groups is 1. The number of rotatable bonds is 7. The maximum absolute atomic E-state index is 13.8. The van der Waals surface area contributed by atoms with Crippen LogP contribution < -0.4 is 10.5 Å². The zero-order chi connectivity index (χ0) is 26.3. The number of benzene rings is 2. The van der Waals surface area contributed by atoms with Crippen LogP contribution in [0.2, 0.25) is 0 Å². The molecule has 2 aromatic heterocycles. The molecule has 0 radical (unpaired) electrons. The van der Waals surface area contributed by atoms with Crippen LogP contribution in [0.4, 0.5) is 5.82 Å². The number of anilines is 1. The summed E-state index contributed by atoms with van der Waals surface area (Å²) in [6.07, 6.45) is 5.99. The minimum absolute atomic E-state index is 0.0534. The second-order valence-corrected chi connectivity index (χ2v) is 9.43. The van der Waals surface area contributed by atoms with E-state index in [1.54, 1.807) is 23.2 Å². The van der Waals surface area contributed by atoms with E-state index in [0.717, 1.165) is 30.4 Å². The van der Waals surface area contributed by atoms with Crippen molar-refractivity contribution in [1.29, 1.82) is 5.26 Å². The molecule has 0 atom stereocenters. The van der Waals surface area contributed by atoms with Crippen LogP contribution in [-0.2, 0) is 17.9 Å². The van der Waals surface area contributed by atoms with Crippen LogP contribution in [0.25, 0.3) is 11.7 Å². The van der Waals surface area contributed by atoms with Gasteiger partial charge in [0.1, 0.15) is 23.1 Å². The van der Waals surface area contributed by atoms with Crippen molar-refractivity contribution < 1.29 is 4.79 Å². The highest BCUT2D eigenvalue weighted by Crippen LogP contribution is 2.24. The van der Waals surface area contributed by atoms with Gasteiger partial charge in [-0.05, 0) is 48.6 Å². The molecule has 2 aromatic carbocycles. The number of likely N-dealkylation sites (tertiary alicyclic amines) is 1. The van der Waals surface area contributed by atoms with E-state index in [2.05, 4.69) is 6.07 Å². The van der Waals surface area contributed by atoms with E-state index in [1.807, 2.05) is 71.6 Å². The first kappa shape index (κ1) is 25.0. The smallest absolute Gasteiger partial charge is 0.267 e. The third-order valence-corrected chi connectivity index (χ3v) is 6.76. The van der Waals surface area contributed by atoms with Gasteiger partial charge < -0.3 is 9.80 Å². The number of aromatic nitrogens is 2. The molecule has 1 aliphatic heterocycles. The molecule has 1 aliphatic rings. The van der Waals surface area contributed by atoms with Crippen molar-refractivity contribution in [3.05, 3.63) is 118 Å². The number of hydrogen-bond acceptors (Lipinski definition) is 5. The molecule has 0 spiro atoms. The molecule has 0 bridgehead atoms. The van der Waals surface area contributed by atoms with Gasteiger partial charge in [0.05, 0.1) is 5.56 Å². The number of amides is 1.